The lowest BCUT2D eigenvalue weighted by Gasteiger charge is -2.34. The Balaban J connectivity index is 1.62. The molecule has 144 valence electrons. The van der Waals surface area contributed by atoms with Crippen molar-refractivity contribution in [3.05, 3.63) is 18.0 Å². The van der Waals surface area contributed by atoms with Gasteiger partial charge in [0.1, 0.15) is 6.54 Å². The number of aryl methyl sites for hydroxylation is 1. The van der Waals surface area contributed by atoms with Crippen LogP contribution in [0.1, 0.15) is 51.1 Å². The van der Waals surface area contributed by atoms with E-state index in [-0.39, 0.29) is 30.4 Å². The Bertz CT molecular complexity index is 623. The van der Waals surface area contributed by atoms with Gasteiger partial charge >= 0.3 is 0 Å². The van der Waals surface area contributed by atoms with Gasteiger partial charge in [0.05, 0.1) is 6.04 Å². The second-order valence-electron chi connectivity index (χ2n) is 7.53. The molecule has 1 aliphatic heterocycles. The van der Waals surface area contributed by atoms with Gasteiger partial charge in [0.2, 0.25) is 11.8 Å². The molecule has 2 aliphatic rings. The first kappa shape index (κ1) is 18.9. The van der Waals surface area contributed by atoms with E-state index in [1.807, 2.05) is 19.9 Å². The summed E-state index contributed by atoms with van der Waals surface area (Å²) in [5, 5.41) is 10.3. The highest BCUT2D eigenvalue weighted by molar-refractivity contribution is 5.82. The summed E-state index contributed by atoms with van der Waals surface area (Å²) in [5.74, 6) is 0.0553. The van der Waals surface area contributed by atoms with Gasteiger partial charge < -0.3 is 10.6 Å². The molecule has 0 spiro atoms. The highest BCUT2D eigenvalue weighted by atomic mass is 16.2. The van der Waals surface area contributed by atoms with Crippen molar-refractivity contribution in [2.45, 2.75) is 77.0 Å². The van der Waals surface area contributed by atoms with Crippen LogP contribution >= 0.6 is 0 Å². The summed E-state index contributed by atoms with van der Waals surface area (Å²) < 4.78 is 1.70. The zero-order valence-corrected chi connectivity index (χ0v) is 15.9. The monoisotopic (exact) mass is 361 g/mol. The maximum Gasteiger partial charge on any atom is 0.242 e. The maximum absolute atomic E-state index is 12.6. The summed E-state index contributed by atoms with van der Waals surface area (Å²) in [6, 6.07) is 2.24. The average Bonchev–Trinajstić information content (AvgIpc) is 3.23. The molecule has 2 fully saturated rings. The Labute approximate surface area is 155 Å². The third kappa shape index (κ3) is 4.44. The summed E-state index contributed by atoms with van der Waals surface area (Å²) in [5.41, 5.74) is 0.968. The molecule has 1 saturated carbocycles. The van der Waals surface area contributed by atoms with Crippen LogP contribution in [0.5, 0.6) is 0 Å². The maximum atomic E-state index is 12.6. The second kappa shape index (κ2) is 8.66. The van der Waals surface area contributed by atoms with Crippen molar-refractivity contribution in [1.82, 2.24) is 25.3 Å². The van der Waals surface area contributed by atoms with E-state index in [1.54, 1.807) is 10.9 Å². The highest BCUT2D eigenvalue weighted by Gasteiger charge is 2.40. The molecule has 3 rings (SSSR count). The van der Waals surface area contributed by atoms with E-state index in [0.717, 1.165) is 25.1 Å². The topological polar surface area (TPSA) is 79.3 Å². The standard InChI is InChI=1S/C19H31N5O2/c1-3-20-19(26)17-11-15(12-23(17)16-7-5-4-6-8-16)22-18(25)13-24-14(2)9-10-21-24/h9-10,15-17H,3-8,11-13H2,1-2H3,(H,20,26)(H,22,25)/t15-,17-/m0/s1. The molecule has 1 aromatic rings. The number of hydrogen-bond acceptors (Lipinski definition) is 4. The smallest absolute Gasteiger partial charge is 0.242 e. The van der Waals surface area contributed by atoms with Crippen LogP contribution in [0.3, 0.4) is 0 Å². The van der Waals surface area contributed by atoms with E-state index in [2.05, 4.69) is 20.6 Å². The molecule has 2 amide bonds. The zero-order chi connectivity index (χ0) is 18.5. The number of amides is 2. The third-order valence-electron chi connectivity index (χ3n) is 5.62. The molecule has 0 bridgehead atoms. The van der Waals surface area contributed by atoms with E-state index in [1.165, 1.54) is 19.3 Å². The predicted molar refractivity (Wildman–Crippen MR) is 99.6 cm³/mol. The fourth-order valence-corrected chi connectivity index (χ4v) is 4.31. The van der Waals surface area contributed by atoms with Crippen LogP contribution in [0.4, 0.5) is 0 Å². The van der Waals surface area contributed by atoms with Gasteiger partial charge in [-0.05, 0) is 39.2 Å². The first-order valence-corrected chi connectivity index (χ1v) is 9.89. The Hall–Kier alpha value is -1.89. The van der Waals surface area contributed by atoms with Crippen molar-refractivity contribution in [3.8, 4) is 0 Å². The lowest BCUT2D eigenvalue weighted by molar-refractivity contribution is -0.126. The molecule has 0 unspecified atom stereocenters. The number of nitrogens with one attached hydrogen (secondary N) is 2. The predicted octanol–water partition coefficient (Wildman–Crippen LogP) is 1.22. The molecule has 1 saturated heterocycles. The van der Waals surface area contributed by atoms with Gasteiger partial charge in [0, 0.05) is 37.1 Å². The van der Waals surface area contributed by atoms with Crippen LogP contribution in [0.15, 0.2) is 12.3 Å². The SMILES string of the molecule is CCNC(=O)[C@@H]1C[C@H](NC(=O)Cn2nccc2C)CN1C1CCCCC1. The lowest BCUT2D eigenvalue weighted by Crippen LogP contribution is -2.48. The van der Waals surface area contributed by atoms with Gasteiger partial charge in [-0.15, -0.1) is 0 Å². The Morgan fingerprint density at radius 2 is 2.04 bits per heavy atom. The molecule has 7 heteroatoms. The molecule has 1 aromatic heterocycles. The first-order valence-electron chi connectivity index (χ1n) is 9.89. The minimum Gasteiger partial charge on any atom is -0.355 e. The summed E-state index contributed by atoms with van der Waals surface area (Å²) in [4.78, 5) is 27.3. The Morgan fingerprint density at radius 1 is 1.27 bits per heavy atom. The van der Waals surface area contributed by atoms with Crippen LogP contribution in [0.25, 0.3) is 0 Å². The minimum atomic E-state index is -0.130. The van der Waals surface area contributed by atoms with Crippen LogP contribution < -0.4 is 10.6 Å². The average molecular weight is 361 g/mol. The van der Waals surface area contributed by atoms with Crippen molar-refractivity contribution in [2.24, 2.45) is 0 Å². The van der Waals surface area contributed by atoms with Crippen LogP contribution in [-0.2, 0) is 16.1 Å². The molecule has 2 N–H and O–H groups in total. The van der Waals surface area contributed by atoms with E-state index in [9.17, 15) is 9.59 Å². The summed E-state index contributed by atoms with van der Waals surface area (Å²) in [7, 11) is 0. The number of likely N-dealkylation sites (N-methyl/N-ethyl adjacent to an activating group) is 1. The second-order valence-corrected chi connectivity index (χ2v) is 7.53. The minimum absolute atomic E-state index is 0.0212. The van der Waals surface area contributed by atoms with Gasteiger partial charge in [0.15, 0.2) is 0 Å². The summed E-state index contributed by atoms with van der Waals surface area (Å²) in [6.07, 6.45) is 8.46. The largest absolute Gasteiger partial charge is 0.355 e. The first-order chi connectivity index (χ1) is 12.6. The number of aromatic nitrogens is 2. The van der Waals surface area contributed by atoms with E-state index in [0.29, 0.717) is 19.0 Å². The van der Waals surface area contributed by atoms with Crippen molar-refractivity contribution in [1.29, 1.82) is 0 Å². The molecule has 7 nitrogen and oxygen atoms in total. The van der Waals surface area contributed by atoms with Crippen molar-refractivity contribution < 1.29 is 9.59 Å². The summed E-state index contributed by atoms with van der Waals surface area (Å²) >= 11 is 0. The molecule has 1 aliphatic carbocycles. The number of rotatable bonds is 6. The van der Waals surface area contributed by atoms with Crippen molar-refractivity contribution >= 4 is 11.8 Å². The third-order valence-corrected chi connectivity index (χ3v) is 5.62. The molecule has 0 aromatic carbocycles. The number of hydrogen-bond donors (Lipinski definition) is 2. The van der Waals surface area contributed by atoms with E-state index < -0.39 is 0 Å². The van der Waals surface area contributed by atoms with Gasteiger partial charge in [-0.2, -0.15) is 5.10 Å². The lowest BCUT2D eigenvalue weighted by atomic mass is 9.93. The highest BCUT2D eigenvalue weighted by Crippen LogP contribution is 2.29. The van der Waals surface area contributed by atoms with E-state index >= 15 is 0 Å². The van der Waals surface area contributed by atoms with Crippen LogP contribution in [-0.4, -0.2) is 57.7 Å². The Kier molecular flexibility index (Phi) is 6.29. The number of carbonyl (C=O) groups excluding carboxylic acids is 2. The molecular weight excluding hydrogens is 330 g/mol. The molecule has 2 heterocycles. The Morgan fingerprint density at radius 3 is 2.69 bits per heavy atom. The van der Waals surface area contributed by atoms with Gasteiger partial charge in [-0.25, -0.2) is 0 Å². The van der Waals surface area contributed by atoms with Crippen molar-refractivity contribution in [2.75, 3.05) is 13.1 Å². The number of nitrogens with zero attached hydrogens (tertiary/aromatic N) is 3. The molecule has 0 radical (unpaired) electrons. The van der Waals surface area contributed by atoms with E-state index in [4.69, 9.17) is 0 Å². The fraction of sp³-hybridized carbons (Fsp3) is 0.737. The molecular formula is C19H31N5O2. The van der Waals surface area contributed by atoms with Crippen molar-refractivity contribution in [3.63, 3.8) is 0 Å². The fourth-order valence-electron chi connectivity index (χ4n) is 4.31. The molecule has 26 heavy (non-hydrogen) atoms. The normalized spacial score (nSPS) is 24.5. The molecule has 2 atom stereocenters. The zero-order valence-electron chi connectivity index (χ0n) is 15.9. The summed E-state index contributed by atoms with van der Waals surface area (Å²) in [6.45, 7) is 5.51. The van der Waals surface area contributed by atoms with Crippen LogP contribution in [0, 0.1) is 6.92 Å². The number of likely N-dealkylation sites (tertiary alicyclic amines) is 1. The van der Waals surface area contributed by atoms with Gasteiger partial charge in [-0.1, -0.05) is 19.3 Å². The quantitative estimate of drug-likeness (QED) is 0.798. The van der Waals surface area contributed by atoms with Gasteiger partial charge in [-0.3, -0.25) is 19.2 Å². The number of carbonyl (C=O) groups is 2. The van der Waals surface area contributed by atoms with Crippen LogP contribution in [0.2, 0.25) is 0 Å². The van der Waals surface area contributed by atoms with Gasteiger partial charge in [0.25, 0.3) is 0 Å².